The smallest absolute Gasteiger partial charge is 0.0486 e. The first-order valence-electron chi connectivity index (χ1n) is 6.35. The van der Waals surface area contributed by atoms with E-state index in [1.165, 1.54) is 0 Å². The maximum absolute atomic E-state index is 8.75. The summed E-state index contributed by atoms with van der Waals surface area (Å²) in [5.41, 5.74) is 2.19. The van der Waals surface area contributed by atoms with E-state index in [2.05, 4.69) is 21.2 Å². The molecule has 1 aromatic carbocycles. The Morgan fingerprint density at radius 2 is 1.83 bits per heavy atom. The van der Waals surface area contributed by atoms with Crippen molar-refractivity contribution in [2.24, 2.45) is 0 Å². The normalized spacial score (nSPS) is 8.39. The molecule has 0 saturated carbocycles. The maximum atomic E-state index is 8.75. The SMILES string of the molecule is CC.CC.CNc1cc(Br)ccc1C(=N)CCO. The Morgan fingerprint density at radius 3 is 2.28 bits per heavy atom. The van der Waals surface area contributed by atoms with Crippen LogP contribution in [0.25, 0.3) is 0 Å². The van der Waals surface area contributed by atoms with Crippen molar-refractivity contribution >= 4 is 27.3 Å². The number of halogens is 1. The molecule has 0 aliphatic carbocycles. The zero-order valence-electron chi connectivity index (χ0n) is 12.0. The topological polar surface area (TPSA) is 56.1 Å². The fourth-order valence-electron chi connectivity index (χ4n) is 1.23. The molecule has 0 aliphatic rings. The minimum absolute atomic E-state index is 0.0120. The summed E-state index contributed by atoms with van der Waals surface area (Å²) in [6.07, 6.45) is 0.385. The number of nitrogens with one attached hydrogen (secondary N) is 2. The van der Waals surface area contributed by atoms with Gasteiger partial charge in [0, 0.05) is 41.5 Å². The van der Waals surface area contributed by atoms with Crippen LogP contribution in [0.5, 0.6) is 0 Å². The van der Waals surface area contributed by atoms with Crippen LogP contribution in [0, 0.1) is 5.41 Å². The summed E-state index contributed by atoms with van der Waals surface area (Å²) in [5.74, 6) is 0. The Hall–Kier alpha value is -0.870. The van der Waals surface area contributed by atoms with Gasteiger partial charge in [0.1, 0.15) is 0 Å². The van der Waals surface area contributed by atoms with Crippen molar-refractivity contribution < 1.29 is 5.11 Å². The van der Waals surface area contributed by atoms with Gasteiger partial charge in [-0.2, -0.15) is 0 Å². The Morgan fingerprint density at radius 1 is 1.28 bits per heavy atom. The number of hydrogen-bond acceptors (Lipinski definition) is 3. The molecule has 0 aliphatic heterocycles. The molecule has 0 unspecified atom stereocenters. The molecule has 1 rings (SSSR count). The van der Waals surface area contributed by atoms with E-state index in [1.807, 2.05) is 52.9 Å². The summed E-state index contributed by atoms with van der Waals surface area (Å²) >= 11 is 3.37. The molecule has 1 aromatic rings. The van der Waals surface area contributed by atoms with Crippen molar-refractivity contribution in [1.82, 2.24) is 0 Å². The molecule has 18 heavy (non-hydrogen) atoms. The Labute approximate surface area is 119 Å². The van der Waals surface area contributed by atoms with Gasteiger partial charge in [-0.15, -0.1) is 0 Å². The minimum atomic E-state index is 0.0120. The predicted octanol–water partition coefficient (Wildman–Crippen LogP) is 4.29. The van der Waals surface area contributed by atoms with Gasteiger partial charge in [0.05, 0.1) is 0 Å². The van der Waals surface area contributed by atoms with E-state index in [4.69, 9.17) is 10.5 Å². The van der Waals surface area contributed by atoms with Crippen LogP contribution in [0.3, 0.4) is 0 Å². The van der Waals surface area contributed by atoms with Crippen LogP contribution in [-0.4, -0.2) is 24.5 Å². The predicted molar refractivity (Wildman–Crippen MR) is 84.9 cm³/mol. The average Bonchev–Trinajstić information content (AvgIpc) is 2.43. The lowest BCUT2D eigenvalue weighted by Crippen LogP contribution is -2.05. The van der Waals surface area contributed by atoms with Crippen LogP contribution in [-0.2, 0) is 0 Å². The van der Waals surface area contributed by atoms with Crippen LogP contribution in [0.4, 0.5) is 5.69 Å². The third-order valence-electron chi connectivity index (χ3n) is 1.94. The minimum Gasteiger partial charge on any atom is -0.396 e. The number of hydrogen-bond donors (Lipinski definition) is 3. The van der Waals surface area contributed by atoms with Crippen LogP contribution in [0.15, 0.2) is 22.7 Å². The second-order valence-electron chi connectivity index (χ2n) is 2.89. The van der Waals surface area contributed by atoms with Crippen molar-refractivity contribution in [1.29, 1.82) is 5.41 Å². The number of rotatable bonds is 4. The lowest BCUT2D eigenvalue weighted by atomic mass is 10.1. The van der Waals surface area contributed by atoms with Crippen molar-refractivity contribution in [2.75, 3.05) is 19.0 Å². The molecule has 0 fully saturated rings. The second kappa shape index (κ2) is 12.6. The standard InChI is InChI=1S/C10H13BrN2O.2C2H6/c1-13-10-6-7(11)2-3-8(10)9(12)4-5-14;2*1-2/h2-3,6,12-14H,4-5H2,1H3;2*1-2H3. The van der Waals surface area contributed by atoms with Gasteiger partial charge < -0.3 is 15.8 Å². The van der Waals surface area contributed by atoms with E-state index in [1.54, 1.807) is 0 Å². The molecule has 104 valence electrons. The van der Waals surface area contributed by atoms with Gasteiger partial charge in [-0.25, -0.2) is 0 Å². The Balaban J connectivity index is 0. The van der Waals surface area contributed by atoms with E-state index in [-0.39, 0.29) is 6.61 Å². The van der Waals surface area contributed by atoms with E-state index in [0.717, 1.165) is 15.7 Å². The van der Waals surface area contributed by atoms with Gasteiger partial charge in [-0.1, -0.05) is 43.6 Å². The Bertz CT molecular complexity index is 341. The highest BCUT2D eigenvalue weighted by molar-refractivity contribution is 9.10. The summed E-state index contributed by atoms with van der Waals surface area (Å²) in [7, 11) is 1.82. The highest BCUT2D eigenvalue weighted by Crippen LogP contribution is 2.22. The molecular formula is C14H25BrN2O. The van der Waals surface area contributed by atoms with Crippen LogP contribution in [0.2, 0.25) is 0 Å². The van der Waals surface area contributed by atoms with Crippen molar-refractivity contribution in [2.45, 2.75) is 34.1 Å². The quantitative estimate of drug-likeness (QED) is 0.725. The first kappa shape index (κ1) is 19.5. The molecule has 0 radical (unpaired) electrons. The maximum Gasteiger partial charge on any atom is 0.0486 e. The molecule has 4 heteroatoms. The van der Waals surface area contributed by atoms with E-state index in [0.29, 0.717) is 12.1 Å². The number of anilines is 1. The zero-order valence-corrected chi connectivity index (χ0v) is 13.6. The first-order valence-corrected chi connectivity index (χ1v) is 7.14. The number of aliphatic hydroxyl groups is 1. The summed E-state index contributed by atoms with van der Waals surface area (Å²) in [4.78, 5) is 0. The fourth-order valence-corrected chi connectivity index (χ4v) is 1.59. The molecule has 0 heterocycles. The zero-order chi connectivity index (χ0) is 14.6. The van der Waals surface area contributed by atoms with Gasteiger partial charge in [0.15, 0.2) is 0 Å². The van der Waals surface area contributed by atoms with Crippen molar-refractivity contribution in [3.8, 4) is 0 Å². The van der Waals surface area contributed by atoms with Crippen LogP contribution < -0.4 is 5.32 Å². The molecule has 0 bridgehead atoms. The largest absolute Gasteiger partial charge is 0.396 e. The van der Waals surface area contributed by atoms with Gasteiger partial charge in [0.25, 0.3) is 0 Å². The number of benzene rings is 1. The summed E-state index contributed by atoms with van der Waals surface area (Å²) in [6.45, 7) is 8.01. The molecule has 3 nitrogen and oxygen atoms in total. The fraction of sp³-hybridized carbons (Fsp3) is 0.500. The summed E-state index contributed by atoms with van der Waals surface area (Å²) < 4.78 is 0.974. The Kier molecular flexibility index (Phi) is 13.6. The van der Waals surface area contributed by atoms with E-state index < -0.39 is 0 Å². The monoisotopic (exact) mass is 316 g/mol. The lowest BCUT2D eigenvalue weighted by molar-refractivity contribution is 0.307. The van der Waals surface area contributed by atoms with E-state index in [9.17, 15) is 0 Å². The molecule has 0 aromatic heterocycles. The summed E-state index contributed by atoms with van der Waals surface area (Å²) in [6, 6.07) is 5.68. The molecule has 0 atom stereocenters. The highest BCUT2D eigenvalue weighted by atomic mass is 79.9. The third kappa shape index (κ3) is 6.77. The van der Waals surface area contributed by atoms with Crippen LogP contribution >= 0.6 is 15.9 Å². The lowest BCUT2D eigenvalue weighted by Gasteiger charge is -2.09. The van der Waals surface area contributed by atoms with Crippen LogP contribution in [0.1, 0.15) is 39.7 Å². The number of aliphatic hydroxyl groups excluding tert-OH is 1. The van der Waals surface area contributed by atoms with Crippen molar-refractivity contribution in [3.63, 3.8) is 0 Å². The second-order valence-corrected chi connectivity index (χ2v) is 3.81. The molecule has 0 amide bonds. The average molecular weight is 317 g/mol. The summed E-state index contributed by atoms with van der Waals surface area (Å²) in [5, 5.41) is 19.5. The first-order chi connectivity index (χ1) is 8.69. The molecular weight excluding hydrogens is 292 g/mol. The van der Waals surface area contributed by atoms with Gasteiger partial charge >= 0.3 is 0 Å². The van der Waals surface area contributed by atoms with Crippen molar-refractivity contribution in [3.05, 3.63) is 28.2 Å². The van der Waals surface area contributed by atoms with Gasteiger partial charge in [0.2, 0.25) is 0 Å². The van der Waals surface area contributed by atoms with Gasteiger partial charge in [-0.3, -0.25) is 0 Å². The molecule has 3 N–H and O–H groups in total. The third-order valence-corrected chi connectivity index (χ3v) is 2.43. The highest BCUT2D eigenvalue weighted by Gasteiger charge is 2.06. The van der Waals surface area contributed by atoms with E-state index >= 15 is 0 Å². The molecule has 0 saturated heterocycles. The molecule has 0 spiro atoms. The van der Waals surface area contributed by atoms with Gasteiger partial charge in [-0.05, 0) is 18.2 Å².